The third kappa shape index (κ3) is 4.01. The molecule has 3 rings (SSSR count). The van der Waals surface area contributed by atoms with Crippen LogP contribution in [0.5, 0.6) is 17.2 Å². The maximum Gasteiger partial charge on any atom is 0.277 e. The molecule has 0 fully saturated rings. The summed E-state index contributed by atoms with van der Waals surface area (Å²) in [5, 5.41) is 3.83. The number of carbonyl (C=O) groups is 1. The molecule has 0 unspecified atom stereocenters. The van der Waals surface area contributed by atoms with E-state index in [0.717, 1.165) is 5.56 Å². The minimum Gasteiger partial charge on any atom is -0.486 e. The van der Waals surface area contributed by atoms with E-state index in [9.17, 15) is 9.18 Å². The second kappa shape index (κ2) is 7.45. The summed E-state index contributed by atoms with van der Waals surface area (Å²) in [5.41, 5.74) is 3.06. The first-order valence-electron chi connectivity index (χ1n) is 7.31. The number of ether oxygens (including phenoxy) is 3. The zero-order chi connectivity index (χ0) is 16.8. The highest BCUT2D eigenvalue weighted by atomic mass is 19.1. The Balaban J connectivity index is 1.51. The highest BCUT2D eigenvalue weighted by molar-refractivity contribution is 5.83. The Labute approximate surface area is 137 Å². The van der Waals surface area contributed by atoms with Gasteiger partial charge in [-0.05, 0) is 35.9 Å². The third-order valence-corrected chi connectivity index (χ3v) is 3.16. The van der Waals surface area contributed by atoms with Crippen LogP contribution in [0, 0.1) is 5.82 Å². The highest BCUT2D eigenvalue weighted by Gasteiger charge is 2.11. The Bertz CT molecular complexity index is 764. The molecule has 2 aromatic carbocycles. The summed E-state index contributed by atoms with van der Waals surface area (Å²) >= 11 is 0. The molecular weight excluding hydrogens is 315 g/mol. The van der Waals surface area contributed by atoms with E-state index in [1.165, 1.54) is 18.3 Å². The van der Waals surface area contributed by atoms with Gasteiger partial charge in [0.15, 0.2) is 29.7 Å². The Kier molecular flexibility index (Phi) is 4.90. The number of para-hydroxylation sites is 1. The summed E-state index contributed by atoms with van der Waals surface area (Å²) in [6.07, 6.45) is 1.47. The first kappa shape index (κ1) is 15.8. The number of fused-ring (bicyclic) bond motifs is 1. The van der Waals surface area contributed by atoms with E-state index in [1.54, 1.807) is 30.3 Å². The van der Waals surface area contributed by atoms with Crippen LogP contribution < -0.4 is 19.6 Å². The number of halogens is 1. The second-order valence-corrected chi connectivity index (χ2v) is 4.92. The molecule has 1 amide bonds. The minimum absolute atomic E-state index is 0.0171. The molecule has 124 valence electrons. The topological polar surface area (TPSA) is 69.2 Å². The number of hydrogen-bond donors (Lipinski definition) is 1. The average Bonchev–Trinajstić information content (AvgIpc) is 2.61. The molecule has 7 heteroatoms. The van der Waals surface area contributed by atoms with E-state index < -0.39 is 11.7 Å². The number of nitrogens with zero attached hydrogens (tertiary/aromatic N) is 1. The van der Waals surface area contributed by atoms with Gasteiger partial charge >= 0.3 is 0 Å². The minimum atomic E-state index is -0.523. The van der Waals surface area contributed by atoms with Crippen LogP contribution >= 0.6 is 0 Å². The van der Waals surface area contributed by atoms with Gasteiger partial charge in [0.1, 0.15) is 13.2 Å². The number of nitrogens with one attached hydrogen (secondary N) is 1. The van der Waals surface area contributed by atoms with Crippen molar-refractivity contribution >= 4 is 12.1 Å². The number of hydrazone groups is 1. The average molecular weight is 330 g/mol. The lowest BCUT2D eigenvalue weighted by Gasteiger charge is -2.18. The quantitative estimate of drug-likeness (QED) is 0.673. The summed E-state index contributed by atoms with van der Waals surface area (Å²) in [4.78, 5) is 11.6. The van der Waals surface area contributed by atoms with Gasteiger partial charge in [0.2, 0.25) is 0 Å². The van der Waals surface area contributed by atoms with Crippen LogP contribution in [0.15, 0.2) is 47.6 Å². The summed E-state index contributed by atoms with van der Waals surface area (Å²) in [6, 6.07) is 11.2. The zero-order valence-corrected chi connectivity index (χ0v) is 12.7. The maximum atomic E-state index is 13.3. The molecule has 0 spiro atoms. The zero-order valence-electron chi connectivity index (χ0n) is 12.7. The number of benzene rings is 2. The van der Waals surface area contributed by atoms with Crippen molar-refractivity contribution in [2.75, 3.05) is 19.8 Å². The first-order valence-corrected chi connectivity index (χ1v) is 7.31. The molecule has 1 heterocycles. The Morgan fingerprint density at radius 2 is 2.00 bits per heavy atom. The molecule has 0 saturated carbocycles. The van der Waals surface area contributed by atoms with Crippen molar-refractivity contribution in [2.45, 2.75) is 0 Å². The number of hydrogen-bond acceptors (Lipinski definition) is 5. The van der Waals surface area contributed by atoms with Crippen molar-refractivity contribution in [3.05, 3.63) is 53.8 Å². The van der Waals surface area contributed by atoms with Crippen LogP contribution in [0.2, 0.25) is 0 Å². The van der Waals surface area contributed by atoms with E-state index >= 15 is 0 Å². The van der Waals surface area contributed by atoms with Gasteiger partial charge in [-0.1, -0.05) is 12.1 Å². The standard InChI is InChI=1S/C17H15FN2O4/c18-13-3-1-2-4-14(13)24-11-17(21)20-19-10-12-5-6-15-16(9-12)23-8-7-22-15/h1-6,9-10H,7-8,11H2,(H,20,21). The largest absolute Gasteiger partial charge is 0.486 e. The van der Waals surface area contributed by atoms with Gasteiger partial charge in [-0.3, -0.25) is 4.79 Å². The number of amides is 1. The van der Waals surface area contributed by atoms with Gasteiger partial charge in [-0.2, -0.15) is 5.10 Å². The molecule has 1 aliphatic heterocycles. The van der Waals surface area contributed by atoms with Crippen molar-refractivity contribution in [1.29, 1.82) is 0 Å². The van der Waals surface area contributed by atoms with Gasteiger partial charge < -0.3 is 14.2 Å². The first-order chi connectivity index (χ1) is 11.7. The number of carbonyl (C=O) groups excluding carboxylic acids is 1. The van der Waals surface area contributed by atoms with Crippen molar-refractivity contribution in [3.8, 4) is 17.2 Å². The SMILES string of the molecule is O=C(COc1ccccc1F)NN=Cc1ccc2c(c1)OCCO2. The molecule has 0 atom stereocenters. The highest BCUT2D eigenvalue weighted by Crippen LogP contribution is 2.30. The van der Waals surface area contributed by atoms with Crippen LogP contribution in [0.4, 0.5) is 4.39 Å². The van der Waals surface area contributed by atoms with Gasteiger partial charge in [0, 0.05) is 0 Å². The van der Waals surface area contributed by atoms with Gasteiger partial charge in [0.25, 0.3) is 5.91 Å². The predicted octanol–water partition coefficient (Wildman–Crippen LogP) is 2.13. The molecule has 1 aliphatic rings. The summed E-state index contributed by atoms with van der Waals surface area (Å²) < 4.78 is 29.3. The lowest BCUT2D eigenvalue weighted by molar-refractivity contribution is -0.123. The Morgan fingerprint density at radius 1 is 1.21 bits per heavy atom. The molecule has 1 N–H and O–H groups in total. The van der Waals surface area contributed by atoms with Crippen LogP contribution in [0.3, 0.4) is 0 Å². The number of rotatable bonds is 5. The fourth-order valence-electron chi connectivity index (χ4n) is 2.06. The van der Waals surface area contributed by atoms with E-state index in [2.05, 4.69) is 10.5 Å². The van der Waals surface area contributed by atoms with E-state index in [4.69, 9.17) is 14.2 Å². The predicted molar refractivity (Wildman–Crippen MR) is 85.1 cm³/mol. The summed E-state index contributed by atoms with van der Waals surface area (Å²) in [5.74, 6) is 0.320. The molecule has 0 aromatic heterocycles. The molecule has 0 bridgehead atoms. The molecule has 2 aromatic rings. The van der Waals surface area contributed by atoms with Crippen molar-refractivity contribution in [1.82, 2.24) is 5.43 Å². The third-order valence-electron chi connectivity index (χ3n) is 3.16. The lowest BCUT2D eigenvalue weighted by Crippen LogP contribution is -2.24. The van der Waals surface area contributed by atoms with Crippen LogP contribution in [0.25, 0.3) is 0 Å². The van der Waals surface area contributed by atoms with Crippen LogP contribution in [-0.2, 0) is 4.79 Å². The van der Waals surface area contributed by atoms with E-state index in [1.807, 2.05) is 0 Å². The van der Waals surface area contributed by atoms with Gasteiger partial charge in [0.05, 0.1) is 6.21 Å². The lowest BCUT2D eigenvalue weighted by atomic mass is 10.2. The molecule has 6 nitrogen and oxygen atoms in total. The summed E-state index contributed by atoms with van der Waals surface area (Å²) in [6.45, 7) is 0.690. The van der Waals surface area contributed by atoms with E-state index in [0.29, 0.717) is 24.7 Å². The van der Waals surface area contributed by atoms with Crippen molar-refractivity contribution in [2.24, 2.45) is 5.10 Å². The van der Waals surface area contributed by atoms with Crippen LogP contribution in [0.1, 0.15) is 5.56 Å². The molecule has 24 heavy (non-hydrogen) atoms. The van der Waals surface area contributed by atoms with Gasteiger partial charge in [-0.15, -0.1) is 0 Å². The monoisotopic (exact) mass is 330 g/mol. The normalized spacial score (nSPS) is 12.9. The van der Waals surface area contributed by atoms with Crippen molar-refractivity contribution < 1.29 is 23.4 Å². The molecular formula is C17H15FN2O4. The smallest absolute Gasteiger partial charge is 0.277 e. The molecule has 0 saturated heterocycles. The molecule has 0 radical (unpaired) electrons. The summed E-state index contributed by atoms with van der Waals surface area (Å²) in [7, 11) is 0. The Hall–Kier alpha value is -3.09. The fourth-order valence-corrected chi connectivity index (χ4v) is 2.06. The maximum absolute atomic E-state index is 13.3. The van der Waals surface area contributed by atoms with Gasteiger partial charge in [-0.25, -0.2) is 9.82 Å². The van der Waals surface area contributed by atoms with E-state index in [-0.39, 0.29) is 12.4 Å². The Morgan fingerprint density at radius 3 is 2.83 bits per heavy atom. The fraction of sp³-hybridized carbons (Fsp3) is 0.176. The van der Waals surface area contributed by atoms with Crippen molar-refractivity contribution in [3.63, 3.8) is 0 Å². The molecule has 0 aliphatic carbocycles. The van der Waals surface area contributed by atoms with Crippen LogP contribution in [-0.4, -0.2) is 31.9 Å². The second-order valence-electron chi connectivity index (χ2n) is 4.92.